The van der Waals surface area contributed by atoms with E-state index in [1.807, 2.05) is 53.1 Å². The molecule has 0 radical (unpaired) electrons. The molecular formula is C22H16F3N3O. The summed E-state index contributed by atoms with van der Waals surface area (Å²) >= 11 is 0. The van der Waals surface area contributed by atoms with E-state index in [1.165, 1.54) is 18.3 Å². The Morgan fingerprint density at radius 2 is 1.45 bits per heavy atom. The monoisotopic (exact) mass is 395 g/mol. The van der Waals surface area contributed by atoms with Crippen LogP contribution in [0.4, 0.5) is 13.2 Å². The summed E-state index contributed by atoms with van der Waals surface area (Å²) in [5, 5.41) is 5.97. The first-order chi connectivity index (χ1) is 13.9. The molecule has 0 aliphatic rings. The lowest BCUT2D eigenvalue weighted by Crippen LogP contribution is -2.23. The van der Waals surface area contributed by atoms with E-state index in [9.17, 15) is 18.0 Å². The van der Waals surface area contributed by atoms with Gasteiger partial charge >= 0.3 is 6.18 Å². The number of aromatic nitrogens is 1. The molecule has 0 atom stereocenters. The highest BCUT2D eigenvalue weighted by Gasteiger charge is 2.29. The molecule has 0 bridgehead atoms. The molecule has 3 aromatic carbocycles. The van der Waals surface area contributed by atoms with Crippen molar-refractivity contribution in [3.8, 4) is 0 Å². The Bertz CT molecular complexity index is 1150. The third-order valence-corrected chi connectivity index (χ3v) is 4.62. The summed E-state index contributed by atoms with van der Waals surface area (Å²) in [6.45, 7) is 0.0678. The number of nitrogens with zero attached hydrogens (tertiary/aromatic N) is 2. The summed E-state index contributed by atoms with van der Waals surface area (Å²) in [5.74, 6) is -0.334. The van der Waals surface area contributed by atoms with Crippen LogP contribution in [0, 0.1) is 0 Å². The molecular weight excluding hydrogens is 379 g/mol. The molecule has 4 aromatic rings. The molecule has 0 saturated heterocycles. The smallest absolute Gasteiger partial charge is 0.331 e. The average molecular weight is 395 g/mol. The van der Waals surface area contributed by atoms with Gasteiger partial charge in [0.1, 0.15) is 6.54 Å². The Morgan fingerprint density at radius 3 is 2.00 bits per heavy atom. The number of para-hydroxylation sites is 2. The number of carbonyl (C=O) groups excluding carboxylic acids is 1. The number of hydrogen-bond acceptors (Lipinski definition) is 2. The van der Waals surface area contributed by atoms with Crippen LogP contribution < -0.4 is 5.43 Å². The summed E-state index contributed by atoms with van der Waals surface area (Å²) in [7, 11) is 0. The molecule has 7 heteroatoms. The van der Waals surface area contributed by atoms with Crippen LogP contribution in [-0.2, 0) is 17.5 Å². The lowest BCUT2D eigenvalue weighted by molar-refractivity contribution is -0.137. The Labute approximate surface area is 164 Å². The van der Waals surface area contributed by atoms with Gasteiger partial charge in [-0.3, -0.25) is 4.79 Å². The van der Waals surface area contributed by atoms with Crippen molar-refractivity contribution in [2.24, 2.45) is 5.10 Å². The van der Waals surface area contributed by atoms with Crippen molar-refractivity contribution in [1.82, 2.24) is 9.99 Å². The molecule has 0 saturated carbocycles. The maximum Gasteiger partial charge on any atom is 0.416 e. The fourth-order valence-corrected chi connectivity index (χ4v) is 3.29. The molecule has 0 unspecified atom stereocenters. The predicted molar refractivity (Wildman–Crippen MR) is 107 cm³/mol. The number of benzene rings is 3. The second kappa shape index (κ2) is 7.43. The van der Waals surface area contributed by atoms with Gasteiger partial charge in [0.05, 0.1) is 11.8 Å². The lowest BCUT2D eigenvalue weighted by atomic mass is 10.1. The average Bonchev–Trinajstić information content (AvgIpc) is 3.02. The Morgan fingerprint density at radius 1 is 0.897 bits per heavy atom. The van der Waals surface area contributed by atoms with Gasteiger partial charge in [-0.2, -0.15) is 18.3 Å². The molecule has 146 valence electrons. The second-order valence-corrected chi connectivity index (χ2v) is 6.53. The zero-order valence-electron chi connectivity index (χ0n) is 15.1. The number of carbonyl (C=O) groups is 1. The molecule has 0 aliphatic carbocycles. The van der Waals surface area contributed by atoms with Gasteiger partial charge in [-0.25, -0.2) is 5.43 Å². The summed E-state index contributed by atoms with van der Waals surface area (Å²) in [6, 6.07) is 20.2. The lowest BCUT2D eigenvalue weighted by Gasteiger charge is -2.07. The maximum absolute atomic E-state index is 12.6. The van der Waals surface area contributed by atoms with Gasteiger partial charge in [-0.15, -0.1) is 0 Å². The highest BCUT2D eigenvalue weighted by Crippen LogP contribution is 2.29. The molecule has 4 rings (SSSR count). The van der Waals surface area contributed by atoms with E-state index in [0.29, 0.717) is 5.56 Å². The molecule has 0 aliphatic heterocycles. The van der Waals surface area contributed by atoms with E-state index in [0.717, 1.165) is 33.9 Å². The minimum absolute atomic E-state index is 0.0678. The molecule has 4 nitrogen and oxygen atoms in total. The van der Waals surface area contributed by atoms with Crippen LogP contribution in [0.15, 0.2) is 77.9 Å². The van der Waals surface area contributed by atoms with Crippen LogP contribution in [0.25, 0.3) is 21.8 Å². The Kier molecular flexibility index (Phi) is 4.80. The molecule has 29 heavy (non-hydrogen) atoms. The predicted octanol–water partition coefficient (Wildman–Crippen LogP) is 4.96. The molecule has 0 fully saturated rings. The topological polar surface area (TPSA) is 46.4 Å². The van der Waals surface area contributed by atoms with Crippen LogP contribution in [0.1, 0.15) is 11.1 Å². The highest BCUT2D eigenvalue weighted by atomic mass is 19.4. The number of halogens is 3. The zero-order valence-corrected chi connectivity index (χ0v) is 15.1. The fourth-order valence-electron chi connectivity index (χ4n) is 3.29. The number of rotatable bonds is 4. The Balaban J connectivity index is 1.50. The summed E-state index contributed by atoms with van der Waals surface area (Å²) < 4.78 is 39.7. The van der Waals surface area contributed by atoms with E-state index >= 15 is 0 Å². The van der Waals surface area contributed by atoms with Gasteiger partial charge in [0.2, 0.25) is 0 Å². The van der Waals surface area contributed by atoms with Crippen molar-refractivity contribution in [3.05, 3.63) is 83.9 Å². The van der Waals surface area contributed by atoms with Gasteiger partial charge < -0.3 is 4.57 Å². The first-order valence-corrected chi connectivity index (χ1v) is 8.88. The van der Waals surface area contributed by atoms with E-state index in [2.05, 4.69) is 10.5 Å². The maximum atomic E-state index is 12.6. The summed E-state index contributed by atoms with van der Waals surface area (Å²) in [6.07, 6.45) is -3.07. The van der Waals surface area contributed by atoms with Crippen LogP contribution in [0.3, 0.4) is 0 Å². The number of alkyl halides is 3. The standard InChI is InChI=1S/C22H16F3N3O/c23-22(24,25)16-11-9-15(10-12-16)13-26-27-21(29)14-28-19-7-3-1-5-17(19)18-6-2-4-8-20(18)28/h1-13H,14H2,(H,27,29)/b26-13-. The van der Waals surface area contributed by atoms with Gasteiger partial charge in [0, 0.05) is 21.8 Å². The highest BCUT2D eigenvalue weighted by molar-refractivity contribution is 6.08. The second-order valence-electron chi connectivity index (χ2n) is 6.53. The third kappa shape index (κ3) is 3.85. The van der Waals surface area contributed by atoms with Crippen molar-refractivity contribution in [2.45, 2.75) is 12.7 Å². The van der Waals surface area contributed by atoms with Gasteiger partial charge in [0.15, 0.2) is 0 Å². The third-order valence-electron chi connectivity index (χ3n) is 4.62. The number of hydrazone groups is 1. The minimum Gasteiger partial charge on any atom is -0.331 e. The Hall–Kier alpha value is -3.61. The van der Waals surface area contributed by atoms with Crippen LogP contribution in [0.2, 0.25) is 0 Å². The van der Waals surface area contributed by atoms with Crippen molar-refractivity contribution >= 4 is 33.9 Å². The van der Waals surface area contributed by atoms with E-state index in [4.69, 9.17) is 0 Å². The minimum atomic E-state index is -4.38. The van der Waals surface area contributed by atoms with E-state index in [1.54, 1.807) is 0 Å². The van der Waals surface area contributed by atoms with Crippen LogP contribution in [0.5, 0.6) is 0 Å². The van der Waals surface area contributed by atoms with E-state index < -0.39 is 11.7 Å². The SMILES string of the molecule is O=C(Cn1c2ccccc2c2ccccc21)N/N=C\c1ccc(C(F)(F)F)cc1. The quantitative estimate of drug-likeness (QED) is 0.385. The van der Waals surface area contributed by atoms with E-state index in [-0.39, 0.29) is 12.5 Å². The normalized spacial score (nSPS) is 12.1. The van der Waals surface area contributed by atoms with Crippen molar-refractivity contribution in [2.75, 3.05) is 0 Å². The first-order valence-electron chi connectivity index (χ1n) is 8.88. The van der Waals surface area contributed by atoms with Gasteiger partial charge in [-0.1, -0.05) is 48.5 Å². The zero-order chi connectivity index (χ0) is 20.4. The number of amides is 1. The van der Waals surface area contributed by atoms with Gasteiger partial charge in [0.25, 0.3) is 5.91 Å². The summed E-state index contributed by atoms with van der Waals surface area (Å²) in [4.78, 5) is 12.4. The molecule has 1 aromatic heterocycles. The van der Waals surface area contributed by atoms with Crippen LogP contribution in [-0.4, -0.2) is 16.7 Å². The molecule has 1 N–H and O–H groups in total. The summed E-state index contributed by atoms with van der Waals surface area (Å²) in [5.41, 5.74) is 4.03. The van der Waals surface area contributed by atoms with Crippen LogP contribution >= 0.6 is 0 Å². The molecule has 0 spiro atoms. The molecule has 1 amide bonds. The van der Waals surface area contributed by atoms with Crippen molar-refractivity contribution < 1.29 is 18.0 Å². The number of nitrogens with one attached hydrogen (secondary N) is 1. The molecule has 1 heterocycles. The van der Waals surface area contributed by atoms with Crippen molar-refractivity contribution in [3.63, 3.8) is 0 Å². The van der Waals surface area contributed by atoms with Crippen molar-refractivity contribution in [1.29, 1.82) is 0 Å². The number of fused-ring (bicyclic) bond motifs is 3. The first kappa shape index (κ1) is 18.7. The van der Waals surface area contributed by atoms with Gasteiger partial charge in [-0.05, 0) is 29.8 Å². The number of hydrogen-bond donors (Lipinski definition) is 1. The fraction of sp³-hybridized carbons (Fsp3) is 0.0909. The largest absolute Gasteiger partial charge is 0.416 e.